The fourth-order valence-corrected chi connectivity index (χ4v) is 3.00. The molecule has 1 amide bonds. The first kappa shape index (κ1) is 20.0. The Labute approximate surface area is 161 Å². The van der Waals surface area contributed by atoms with Crippen LogP contribution in [0.3, 0.4) is 0 Å². The number of carbonyl (C=O) groups excluding carboxylic acids is 1. The number of nitrogens with zero attached hydrogens (tertiary/aromatic N) is 1. The number of aryl methyl sites for hydroxylation is 2. The van der Waals surface area contributed by atoms with Gasteiger partial charge in [0.1, 0.15) is 5.54 Å². The molecule has 0 bridgehead atoms. The van der Waals surface area contributed by atoms with E-state index in [-0.39, 0.29) is 18.2 Å². The molecule has 1 N–H and O–H groups in total. The summed E-state index contributed by atoms with van der Waals surface area (Å²) in [6.07, 6.45) is 0.266. The van der Waals surface area contributed by atoms with Crippen molar-refractivity contribution in [3.63, 3.8) is 0 Å². The average Bonchev–Trinajstić information content (AvgIpc) is 2.58. The zero-order valence-corrected chi connectivity index (χ0v) is 16.7. The van der Waals surface area contributed by atoms with E-state index >= 15 is 0 Å². The molecule has 4 heteroatoms. The van der Waals surface area contributed by atoms with Gasteiger partial charge in [0.15, 0.2) is 0 Å². The van der Waals surface area contributed by atoms with Crippen molar-refractivity contribution in [2.24, 2.45) is 5.92 Å². The van der Waals surface area contributed by atoms with Crippen molar-refractivity contribution >= 4 is 17.5 Å². The summed E-state index contributed by atoms with van der Waals surface area (Å²) in [7, 11) is 0. The van der Waals surface area contributed by atoms with E-state index in [0.29, 0.717) is 5.02 Å². The molecule has 0 aliphatic heterocycles. The summed E-state index contributed by atoms with van der Waals surface area (Å²) in [5.41, 5.74) is 4.46. The number of benzene rings is 2. The Balaban J connectivity index is 2.25. The normalized spacial score (nSPS) is 13.2. The highest BCUT2D eigenvalue weighted by Crippen LogP contribution is 2.27. The van der Waals surface area contributed by atoms with Crippen LogP contribution >= 0.6 is 11.6 Å². The quantitative estimate of drug-likeness (QED) is 0.786. The predicted octanol–water partition coefficient (Wildman–Crippen LogP) is 5.22. The highest BCUT2D eigenvalue weighted by Gasteiger charge is 2.30. The molecule has 0 aliphatic carbocycles. The van der Waals surface area contributed by atoms with Crippen molar-refractivity contribution in [1.82, 2.24) is 5.32 Å². The van der Waals surface area contributed by atoms with Crippen LogP contribution < -0.4 is 5.32 Å². The molecule has 0 saturated carbocycles. The fourth-order valence-electron chi connectivity index (χ4n) is 2.88. The van der Waals surface area contributed by atoms with Crippen LogP contribution in [0.2, 0.25) is 5.02 Å². The van der Waals surface area contributed by atoms with Crippen LogP contribution in [0.4, 0.5) is 0 Å². The van der Waals surface area contributed by atoms with Gasteiger partial charge in [0.25, 0.3) is 0 Å². The minimum absolute atomic E-state index is 0.0333. The second-order valence-electron chi connectivity index (χ2n) is 7.29. The van der Waals surface area contributed by atoms with Gasteiger partial charge in [-0.15, -0.1) is 0 Å². The summed E-state index contributed by atoms with van der Waals surface area (Å²) >= 11 is 5.96. The molecule has 0 heterocycles. The third-order valence-corrected chi connectivity index (χ3v) is 5.25. The minimum Gasteiger partial charge on any atom is -0.338 e. The Bertz CT molecular complexity index is 826. The first-order valence-corrected chi connectivity index (χ1v) is 9.12. The van der Waals surface area contributed by atoms with E-state index < -0.39 is 5.54 Å². The molecule has 136 valence electrons. The van der Waals surface area contributed by atoms with E-state index in [1.807, 2.05) is 52.0 Å². The van der Waals surface area contributed by atoms with E-state index in [2.05, 4.69) is 23.5 Å². The largest absolute Gasteiger partial charge is 0.338 e. The lowest BCUT2D eigenvalue weighted by molar-refractivity contribution is -0.122. The van der Waals surface area contributed by atoms with Crippen molar-refractivity contribution in [1.29, 1.82) is 5.26 Å². The molecule has 0 aliphatic rings. The van der Waals surface area contributed by atoms with Crippen LogP contribution in [0.5, 0.6) is 0 Å². The van der Waals surface area contributed by atoms with Gasteiger partial charge >= 0.3 is 0 Å². The van der Waals surface area contributed by atoms with Crippen molar-refractivity contribution in [2.75, 3.05) is 0 Å². The van der Waals surface area contributed by atoms with Gasteiger partial charge in [0.2, 0.25) is 5.91 Å². The van der Waals surface area contributed by atoms with Crippen LogP contribution in [-0.4, -0.2) is 11.4 Å². The SMILES string of the molecule is Cc1cc(-c2ccc(Cl)cc2)cc(C)c1CC(=O)NC(C)(C#N)C(C)C. The number of hydrogen-bond acceptors (Lipinski definition) is 2. The number of hydrogen-bond donors (Lipinski definition) is 1. The number of nitrogens with one attached hydrogen (secondary N) is 1. The number of nitriles is 1. The first-order chi connectivity index (χ1) is 12.2. The van der Waals surface area contributed by atoms with Gasteiger partial charge < -0.3 is 5.32 Å². The molecule has 26 heavy (non-hydrogen) atoms. The predicted molar refractivity (Wildman–Crippen MR) is 107 cm³/mol. The highest BCUT2D eigenvalue weighted by atomic mass is 35.5. The van der Waals surface area contributed by atoms with Crippen LogP contribution in [0.25, 0.3) is 11.1 Å². The second kappa shape index (κ2) is 7.93. The van der Waals surface area contributed by atoms with Gasteiger partial charge in [0, 0.05) is 5.02 Å². The van der Waals surface area contributed by atoms with Crippen molar-refractivity contribution in [3.05, 3.63) is 58.1 Å². The van der Waals surface area contributed by atoms with Gasteiger partial charge in [0.05, 0.1) is 12.5 Å². The van der Waals surface area contributed by atoms with E-state index in [0.717, 1.165) is 27.8 Å². The highest BCUT2D eigenvalue weighted by molar-refractivity contribution is 6.30. The van der Waals surface area contributed by atoms with Crippen LogP contribution in [0.15, 0.2) is 36.4 Å². The fraction of sp³-hybridized carbons (Fsp3) is 0.364. The standard InChI is InChI=1S/C22H25ClN2O/c1-14(2)22(5,13-24)25-21(26)12-20-15(3)10-18(11-16(20)4)17-6-8-19(23)9-7-17/h6-11,14H,12H2,1-5H3,(H,25,26). The van der Waals surface area contributed by atoms with Gasteiger partial charge in [-0.05, 0) is 66.6 Å². The first-order valence-electron chi connectivity index (χ1n) is 8.74. The smallest absolute Gasteiger partial charge is 0.225 e. The van der Waals surface area contributed by atoms with E-state index in [9.17, 15) is 10.1 Å². The summed E-state index contributed by atoms with van der Waals surface area (Å²) in [6, 6.07) is 14.1. The number of halogens is 1. The molecule has 3 nitrogen and oxygen atoms in total. The topological polar surface area (TPSA) is 52.9 Å². The van der Waals surface area contributed by atoms with Crippen molar-refractivity contribution in [3.8, 4) is 17.2 Å². The lowest BCUT2D eigenvalue weighted by Crippen LogP contribution is -2.49. The third-order valence-electron chi connectivity index (χ3n) is 5.00. The molecule has 2 rings (SSSR count). The molecule has 0 aromatic heterocycles. The minimum atomic E-state index is -0.859. The Kier molecular flexibility index (Phi) is 6.10. The van der Waals surface area contributed by atoms with Gasteiger partial charge in [-0.25, -0.2) is 0 Å². The molecule has 0 spiro atoms. The number of carbonyl (C=O) groups is 1. The molecule has 0 fully saturated rings. The molecule has 2 aromatic carbocycles. The summed E-state index contributed by atoms with van der Waals surface area (Å²) in [5.74, 6) is -0.0980. The molecule has 0 saturated heterocycles. The van der Waals surface area contributed by atoms with Crippen LogP contribution in [0, 0.1) is 31.1 Å². The molecule has 2 aromatic rings. The van der Waals surface area contributed by atoms with Crippen LogP contribution in [0.1, 0.15) is 37.5 Å². The maximum atomic E-state index is 12.5. The van der Waals surface area contributed by atoms with Gasteiger partial charge in [-0.3, -0.25) is 4.79 Å². The molecular weight excluding hydrogens is 344 g/mol. The lowest BCUT2D eigenvalue weighted by atomic mass is 9.89. The van der Waals surface area contributed by atoms with E-state index in [4.69, 9.17) is 11.6 Å². The zero-order chi connectivity index (χ0) is 19.5. The Morgan fingerprint density at radius 2 is 1.69 bits per heavy atom. The molecule has 0 radical (unpaired) electrons. The van der Waals surface area contributed by atoms with E-state index in [1.165, 1.54) is 0 Å². The van der Waals surface area contributed by atoms with Crippen molar-refractivity contribution < 1.29 is 4.79 Å². The summed E-state index contributed by atoms with van der Waals surface area (Å²) < 4.78 is 0. The number of rotatable bonds is 5. The monoisotopic (exact) mass is 368 g/mol. The maximum Gasteiger partial charge on any atom is 0.225 e. The van der Waals surface area contributed by atoms with Crippen LogP contribution in [-0.2, 0) is 11.2 Å². The zero-order valence-electron chi connectivity index (χ0n) is 16.0. The maximum absolute atomic E-state index is 12.5. The third kappa shape index (κ3) is 4.45. The van der Waals surface area contributed by atoms with E-state index in [1.54, 1.807) is 6.92 Å². The Hall–Kier alpha value is -2.31. The summed E-state index contributed by atoms with van der Waals surface area (Å²) in [6.45, 7) is 9.66. The summed E-state index contributed by atoms with van der Waals surface area (Å²) in [5, 5.41) is 13.0. The summed E-state index contributed by atoms with van der Waals surface area (Å²) in [4.78, 5) is 12.5. The van der Waals surface area contributed by atoms with Crippen molar-refractivity contribution in [2.45, 2.75) is 46.6 Å². The Morgan fingerprint density at radius 3 is 2.15 bits per heavy atom. The number of amides is 1. The lowest BCUT2D eigenvalue weighted by Gasteiger charge is -2.27. The van der Waals surface area contributed by atoms with Gasteiger partial charge in [-0.2, -0.15) is 5.26 Å². The molecule has 1 atom stereocenters. The molecule has 1 unspecified atom stereocenters. The molecular formula is C22H25ClN2O. The Morgan fingerprint density at radius 1 is 1.15 bits per heavy atom. The second-order valence-corrected chi connectivity index (χ2v) is 7.73. The van der Waals surface area contributed by atoms with Gasteiger partial charge in [-0.1, -0.05) is 49.7 Å². The average molecular weight is 369 g/mol.